The first-order valence-electron chi connectivity index (χ1n) is 9.33. The number of hydrogen-bond donors (Lipinski definition) is 0. The number of hydrogen-bond acceptors (Lipinski definition) is 1. The Balaban J connectivity index is 0.000000798. The first kappa shape index (κ1) is 22.0. The van der Waals surface area contributed by atoms with Gasteiger partial charge in [-0.25, -0.2) is 0 Å². The van der Waals surface area contributed by atoms with E-state index >= 15 is 0 Å². The summed E-state index contributed by atoms with van der Waals surface area (Å²) in [7, 11) is 1.74. The third-order valence-corrected chi connectivity index (χ3v) is 3.39. The van der Waals surface area contributed by atoms with Crippen molar-refractivity contribution in [2.45, 2.75) is 54.4 Å². The van der Waals surface area contributed by atoms with Gasteiger partial charge in [0.25, 0.3) is 0 Å². The standard InChI is InChI=1S/C17H16O.3C2H6/c1-18-16-12-11-13-7-5-6-10-15(13)17(16)14-8-3-2-4-9-14;3*1-2/h3,5-12H,2,4H2,1H3;3*1-2H3. The predicted octanol–water partition coefficient (Wildman–Crippen LogP) is 7.66. The summed E-state index contributed by atoms with van der Waals surface area (Å²) >= 11 is 0. The second kappa shape index (κ2) is 13.4. The van der Waals surface area contributed by atoms with Gasteiger partial charge in [0, 0.05) is 5.56 Å². The van der Waals surface area contributed by atoms with Crippen molar-refractivity contribution < 1.29 is 4.74 Å². The van der Waals surface area contributed by atoms with E-state index in [4.69, 9.17) is 4.74 Å². The van der Waals surface area contributed by atoms with Crippen molar-refractivity contribution in [3.05, 3.63) is 60.2 Å². The first-order valence-corrected chi connectivity index (χ1v) is 9.33. The fourth-order valence-electron chi connectivity index (χ4n) is 2.52. The minimum absolute atomic E-state index is 0.950. The summed E-state index contributed by atoms with van der Waals surface area (Å²) in [5.41, 5.74) is 2.49. The quantitative estimate of drug-likeness (QED) is 0.550. The van der Waals surface area contributed by atoms with Gasteiger partial charge < -0.3 is 4.74 Å². The molecule has 1 aliphatic rings. The molecule has 2 aromatic rings. The maximum atomic E-state index is 5.53. The normalized spacial score (nSPS) is 11.7. The lowest BCUT2D eigenvalue weighted by atomic mass is 9.94. The van der Waals surface area contributed by atoms with Crippen molar-refractivity contribution in [1.82, 2.24) is 0 Å². The predicted molar refractivity (Wildman–Crippen MR) is 111 cm³/mol. The lowest BCUT2D eigenvalue weighted by Gasteiger charge is -2.15. The van der Waals surface area contributed by atoms with E-state index in [9.17, 15) is 0 Å². The highest BCUT2D eigenvalue weighted by Crippen LogP contribution is 2.35. The minimum Gasteiger partial charge on any atom is -0.496 e. The van der Waals surface area contributed by atoms with Crippen molar-refractivity contribution in [1.29, 1.82) is 0 Å². The van der Waals surface area contributed by atoms with Crippen LogP contribution in [0.15, 0.2) is 54.6 Å². The summed E-state index contributed by atoms with van der Waals surface area (Å²) in [6.07, 6.45) is 8.98. The lowest BCUT2D eigenvalue weighted by molar-refractivity contribution is 0.414. The van der Waals surface area contributed by atoms with Gasteiger partial charge in [0.15, 0.2) is 0 Å². The average Bonchev–Trinajstić information content (AvgIpc) is 2.72. The lowest BCUT2D eigenvalue weighted by Crippen LogP contribution is -1.94. The zero-order chi connectivity index (χ0) is 18.4. The van der Waals surface area contributed by atoms with Gasteiger partial charge in [-0.05, 0) is 35.3 Å². The third-order valence-electron chi connectivity index (χ3n) is 3.39. The molecule has 24 heavy (non-hydrogen) atoms. The maximum absolute atomic E-state index is 5.53. The number of fused-ring (bicyclic) bond motifs is 1. The van der Waals surface area contributed by atoms with Crippen LogP contribution in [0.25, 0.3) is 16.3 Å². The molecule has 0 radical (unpaired) electrons. The summed E-state index contributed by atoms with van der Waals surface area (Å²) in [5, 5.41) is 2.52. The molecule has 0 atom stereocenters. The fourth-order valence-corrected chi connectivity index (χ4v) is 2.52. The monoisotopic (exact) mass is 326 g/mol. The number of rotatable bonds is 2. The molecule has 0 fully saturated rings. The Labute approximate surface area is 149 Å². The number of allylic oxidation sites excluding steroid dienone is 4. The molecular formula is C23H34O. The van der Waals surface area contributed by atoms with E-state index in [0.717, 1.165) is 18.6 Å². The topological polar surface area (TPSA) is 9.23 Å². The highest BCUT2D eigenvalue weighted by molar-refractivity contribution is 5.98. The second-order valence-electron chi connectivity index (χ2n) is 4.50. The molecule has 0 aromatic heterocycles. The van der Waals surface area contributed by atoms with Crippen LogP contribution < -0.4 is 4.74 Å². The largest absolute Gasteiger partial charge is 0.496 e. The Morgan fingerprint density at radius 1 is 0.792 bits per heavy atom. The van der Waals surface area contributed by atoms with E-state index in [2.05, 4.69) is 54.6 Å². The first-order chi connectivity index (χ1) is 11.9. The highest BCUT2D eigenvalue weighted by atomic mass is 16.5. The van der Waals surface area contributed by atoms with Crippen molar-refractivity contribution in [3.8, 4) is 5.75 Å². The van der Waals surface area contributed by atoms with Crippen molar-refractivity contribution in [3.63, 3.8) is 0 Å². The number of methoxy groups -OCH3 is 1. The molecule has 0 spiro atoms. The Bertz CT molecular complexity index is 636. The van der Waals surface area contributed by atoms with Gasteiger partial charge >= 0.3 is 0 Å². The van der Waals surface area contributed by atoms with Crippen LogP contribution in [0.2, 0.25) is 0 Å². The molecule has 0 bridgehead atoms. The molecule has 1 heteroatoms. The molecule has 1 nitrogen and oxygen atoms in total. The van der Waals surface area contributed by atoms with Crippen LogP contribution >= 0.6 is 0 Å². The van der Waals surface area contributed by atoms with Crippen LogP contribution in [0, 0.1) is 0 Å². The summed E-state index contributed by atoms with van der Waals surface area (Å²) in [5.74, 6) is 0.950. The third kappa shape index (κ3) is 5.56. The molecule has 0 saturated heterocycles. The Morgan fingerprint density at radius 2 is 1.46 bits per heavy atom. The van der Waals surface area contributed by atoms with Gasteiger partial charge in [0.1, 0.15) is 5.75 Å². The molecule has 0 N–H and O–H groups in total. The Morgan fingerprint density at radius 3 is 2.04 bits per heavy atom. The van der Waals surface area contributed by atoms with Gasteiger partial charge in [-0.3, -0.25) is 0 Å². The van der Waals surface area contributed by atoms with E-state index in [0.29, 0.717) is 0 Å². The van der Waals surface area contributed by atoms with Crippen LogP contribution in [0.3, 0.4) is 0 Å². The van der Waals surface area contributed by atoms with Gasteiger partial charge in [-0.15, -0.1) is 0 Å². The molecular weight excluding hydrogens is 292 g/mol. The summed E-state index contributed by atoms with van der Waals surface area (Å²) in [6, 6.07) is 12.6. The van der Waals surface area contributed by atoms with E-state index in [-0.39, 0.29) is 0 Å². The summed E-state index contributed by atoms with van der Waals surface area (Å²) in [4.78, 5) is 0. The SMILES string of the molecule is CC.CC.CC.COc1ccc2ccccc2c1C1=CCCC=C1. The van der Waals surface area contributed by atoms with Crippen LogP contribution in [0.1, 0.15) is 59.9 Å². The molecule has 1 aliphatic carbocycles. The Kier molecular flexibility index (Phi) is 12.3. The summed E-state index contributed by atoms with van der Waals surface area (Å²) < 4.78 is 5.53. The highest BCUT2D eigenvalue weighted by Gasteiger charge is 2.11. The van der Waals surface area contributed by atoms with Crippen LogP contribution in [0.5, 0.6) is 5.75 Å². The van der Waals surface area contributed by atoms with Crippen LogP contribution in [-0.2, 0) is 0 Å². The van der Waals surface area contributed by atoms with Gasteiger partial charge in [0.05, 0.1) is 7.11 Å². The van der Waals surface area contributed by atoms with E-state index in [1.54, 1.807) is 7.11 Å². The minimum atomic E-state index is 0.950. The molecule has 0 saturated carbocycles. The zero-order valence-electron chi connectivity index (χ0n) is 16.5. The number of benzene rings is 2. The van der Waals surface area contributed by atoms with E-state index < -0.39 is 0 Å². The second-order valence-corrected chi connectivity index (χ2v) is 4.50. The van der Waals surface area contributed by atoms with Crippen molar-refractivity contribution in [2.75, 3.05) is 7.11 Å². The van der Waals surface area contributed by atoms with Crippen molar-refractivity contribution >= 4 is 16.3 Å². The molecule has 3 rings (SSSR count). The Hall–Kier alpha value is -2.02. The van der Waals surface area contributed by atoms with E-state index in [1.807, 2.05) is 41.5 Å². The van der Waals surface area contributed by atoms with Crippen LogP contribution in [0.4, 0.5) is 0 Å². The van der Waals surface area contributed by atoms with E-state index in [1.165, 1.54) is 21.9 Å². The van der Waals surface area contributed by atoms with Gasteiger partial charge in [-0.2, -0.15) is 0 Å². The van der Waals surface area contributed by atoms with Gasteiger partial charge in [-0.1, -0.05) is 90.1 Å². The van der Waals surface area contributed by atoms with Gasteiger partial charge in [0.2, 0.25) is 0 Å². The molecule has 0 aliphatic heterocycles. The molecule has 2 aromatic carbocycles. The number of ether oxygens (including phenoxy) is 1. The van der Waals surface area contributed by atoms with Crippen molar-refractivity contribution in [2.24, 2.45) is 0 Å². The smallest absolute Gasteiger partial charge is 0.127 e. The fraction of sp³-hybridized carbons (Fsp3) is 0.391. The molecule has 0 heterocycles. The molecule has 132 valence electrons. The molecule has 0 unspecified atom stereocenters. The zero-order valence-corrected chi connectivity index (χ0v) is 16.5. The molecule has 0 amide bonds. The maximum Gasteiger partial charge on any atom is 0.127 e. The average molecular weight is 327 g/mol. The summed E-state index contributed by atoms with van der Waals surface area (Å²) in [6.45, 7) is 12.0. The van der Waals surface area contributed by atoms with Crippen LogP contribution in [-0.4, -0.2) is 7.11 Å².